The maximum Gasteiger partial charge on any atom is 0.0991 e. The summed E-state index contributed by atoms with van der Waals surface area (Å²) in [5.41, 5.74) is 9.29. The molecular weight excluding hydrogens is 446 g/mol. The Morgan fingerprint density at radius 1 is 0.432 bits per heavy atom. The highest BCUT2D eigenvalue weighted by molar-refractivity contribution is 5.65. The van der Waals surface area contributed by atoms with Gasteiger partial charge >= 0.3 is 0 Å². The van der Waals surface area contributed by atoms with Crippen LogP contribution in [0.3, 0.4) is 0 Å². The van der Waals surface area contributed by atoms with Gasteiger partial charge in [0.2, 0.25) is 0 Å². The van der Waals surface area contributed by atoms with E-state index in [2.05, 4.69) is 72.7 Å². The van der Waals surface area contributed by atoms with Crippen LogP contribution in [0.2, 0.25) is 0 Å². The van der Waals surface area contributed by atoms with Crippen LogP contribution in [0.25, 0.3) is 22.3 Å². The van der Waals surface area contributed by atoms with Gasteiger partial charge in [0.1, 0.15) is 0 Å². The van der Waals surface area contributed by atoms with E-state index in [1.54, 1.807) is 0 Å². The molecule has 0 aromatic heterocycles. The second kappa shape index (κ2) is 13.9. The Bertz CT molecular complexity index is 1210. The lowest BCUT2D eigenvalue weighted by molar-refractivity contribution is 0.579. The number of hydrogen-bond acceptors (Lipinski definition) is 1. The minimum Gasteiger partial charge on any atom is -0.192 e. The third-order valence-electron chi connectivity index (χ3n) is 7.07. The van der Waals surface area contributed by atoms with Gasteiger partial charge in [0.25, 0.3) is 0 Å². The van der Waals surface area contributed by atoms with Crippen LogP contribution in [0.4, 0.5) is 0 Å². The van der Waals surface area contributed by atoms with Crippen LogP contribution >= 0.6 is 0 Å². The third-order valence-corrected chi connectivity index (χ3v) is 7.07. The molecule has 0 atom stereocenters. The largest absolute Gasteiger partial charge is 0.192 e. The molecule has 4 rings (SSSR count). The smallest absolute Gasteiger partial charge is 0.0991 e. The first-order valence-corrected chi connectivity index (χ1v) is 13.5. The molecule has 0 aliphatic heterocycles. The molecule has 4 aromatic carbocycles. The molecule has 0 heterocycles. The summed E-state index contributed by atoms with van der Waals surface area (Å²) in [6, 6.07) is 36.0. The van der Waals surface area contributed by atoms with Crippen molar-refractivity contribution in [3.63, 3.8) is 0 Å². The predicted octanol–water partition coefficient (Wildman–Crippen LogP) is 9.39. The van der Waals surface area contributed by atoms with Gasteiger partial charge in [-0.15, -0.1) is 6.42 Å². The van der Waals surface area contributed by atoms with Crippen molar-refractivity contribution in [1.82, 2.24) is 0 Å². The maximum absolute atomic E-state index is 8.95. The monoisotopic (exact) mass is 481 g/mol. The Kier molecular flexibility index (Phi) is 9.75. The van der Waals surface area contributed by atoms with Crippen molar-refractivity contribution in [3.05, 3.63) is 119 Å². The topological polar surface area (TPSA) is 23.8 Å². The fourth-order valence-electron chi connectivity index (χ4n) is 4.77. The Labute approximate surface area is 222 Å². The lowest BCUT2D eigenvalue weighted by Gasteiger charge is -2.06. The Morgan fingerprint density at radius 3 is 1.11 bits per heavy atom. The van der Waals surface area contributed by atoms with Crippen LogP contribution in [0.1, 0.15) is 67.2 Å². The molecule has 1 heteroatoms. The highest BCUT2D eigenvalue weighted by atomic mass is 14.2. The summed E-state index contributed by atoms with van der Waals surface area (Å²) in [4.78, 5) is 0. The fourth-order valence-corrected chi connectivity index (χ4v) is 4.77. The van der Waals surface area contributed by atoms with E-state index in [-0.39, 0.29) is 0 Å². The number of hydrogen-bond donors (Lipinski definition) is 0. The molecule has 0 aliphatic carbocycles. The van der Waals surface area contributed by atoms with Crippen molar-refractivity contribution < 1.29 is 0 Å². The highest BCUT2D eigenvalue weighted by Gasteiger charge is 2.01. The first kappa shape index (κ1) is 26.0. The standard InChI is InChI=1S/C36H35N/c1-2-29-12-20-33(21-13-29)34-22-14-30(15-23-34)10-8-6-4-3-5-7-9-11-31-16-24-35(25-17-31)36-26-18-32(28-37)19-27-36/h1,12-27H,3-11H2. The summed E-state index contributed by atoms with van der Waals surface area (Å²) in [5.74, 6) is 2.67. The van der Waals surface area contributed by atoms with E-state index >= 15 is 0 Å². The fraction of sp³-hybridized carbons (Fsp3) is 0.250. The molecule has 0 radical (unpaired) electrons. The summed E-state index contributed by atoms with van der Waals surface area (Å²) in [6.45, 7) is 0. The van der Waals surface area contributed by atoms with Gasteiger partial charge in [0, 0.05) is 5.56 Å². The van der Waals surface area contributed by atoms with E-state index in [0.717, 1.165) is 24.0 Å². The molecule has 184 valence electrons. The second-order valence-corrected chi connectivity index (χ2v) is 9.78. The normalized spacial score (nSPS) is 10.5. The molecule has 0 fully saturated rings. The zero-order valence-electron chi connectivity index (χ0n) is 21.6. The van der Waals surface area contributed by atoms with E-state index in [1.165, 1.54) is 72.8 Å². The zero-order valence-corrected chi connectivity index (χ0v) is 21.6. The summed E-state index contributed by atoms with van der Waals surface area (Å²) in [5, 5.41) is 8.95. The summed E-state index contributed by atoms with van der Waals surface area (Å²) in [6.07, 6.45) is 16.9. The number of terminal acetylenes is 1. The van der Waals surface area contributed by atoms with Gasteiger partial charge < -0.3 is 0 Å². The molecule has 0 saturated heterocycles. The average molecular weight is 482 g/mol. The van der Waals surface area contributed by atoms with Gasteiger partial charge in [-0.3, -0.25) is 0 Å². The Hall–Kier alpha value is -4.07. The van der Waals surface area contributed by atoms with Crippen LogP contribution in [-0.4, -0.2) is 0 Å². The van der Waals surface area contributed by atoms with Crippen LogP contribution in [0.5, 0.6) is 0 Å². The molecular formula is C36H35N. The van der Waals surface area contributed by atoms with E-state index in [0.29, 0.717) is 5.56 Å². The summed E-state index contributed by atoms with van der Waals surface area (Å²) >= 11 is 0. The molecule has 0 bridgehead atoms. The molecule has 0 N–H and O–H groups in total. The number of nitrogens with zero attached hydrogens (tertiary/aromatic N) is 1. The number of aryl methyl sites for hydroxylation is 2. The summed E-state index contributed by atoms with van der Waals surface area (Å²) in [7, 11) is 0. The summed E-state index contributed by atoms with van der Waals surface area (Å²) < 4.78 is 0. The van der Waals surface area contributed by atoms with E-state index in [4.69, 9.17) is 11.7 Å². The Balaban J connectivity index is 1.06. The van der Waals surface area contributed by atoms with Gasteiger partial charge in [-0.25, -0.2) is 0 Å². The third kappa shape index (κ3) is 7.96. The average Bonchev–Trinajstić information content (AvgIpc) is 2.97. The first-order chi connectivity index (χ1) is 18.2. The van der Waals surface area contributed by atoms with E-state index in [9.17, 15) is 0 Å². The van der Waals surface area contributed by atoms with Gasteiger partial charge in [0.15, 0.2) is 0 Å². The molecule has 0 unspecified atom stereocenters. The SMILES string of the molecule is C#Cc1ccc(-c2ccc(CCCCCCCCCc3ccc(-c4ccc(C#N)cc4)cc3)cc2)cc1. The van der Waals surface area contributed by atoms with Crippen LogP contribution in [0.15, 0.2) is 97.1 Å². The van der Waals surface area contributed by atoms with Crippen molar-refractivity contribution in [3.8, 4) is 40.7 Å². The molecule has 1 nitrogen and oxygen atoms in total. The first-order valence-electron chi connectivity index (χ1n) is 13.5. The minimum absolute atomic E-state index is 0.704. The van der Waals surface area contributed by atoms with Crippen molar-refractivity contribution in [2.45, 2.75) is 57.8 Å². The van der Waals surface area contributed by atoms with E-state index < -0.39 is 0 Å². The molecule has 0 saturated carbocycles. The number of nitriles is 1. The van der Waals surface area contributed by atoms with Gasteiger partial charge in [-0.05, 0) is 83.3 Å². The van der Waals surface area contributed by atoms with Gasteiger partial charge in [-0.2, -0.15) is 5.26 Å². The quantitative estimate of drug-likeness (QED) is 0.146. The zero-order chi connectivity index (χ0) is 25.7. The minimum atomic E-state index is 0.704. The lowest BCUT2D eigenvalue weighted by atomic mass is 9.99. The van der Waals surface area contributed by atoms with Crippen LogP contribution in [-0.2, 0) is 12.8 Å². The van der Waals surface area contributed by atoms with Gasteiger partial charge in [0.05, 0.1) is 11.6 Å². The second-order valence-electron chi connectivity index (χ2n) is 9.78. The number of rotatable bonds is 12. The molecule has 0 spiro atoms. The molecule has 37 heavy (non-hydrogen) atoms. The van der Waals surface area contributed by atoms with Gasteiger partial charge in [-0.1, -0.05) is 111 Å². The highest BCUT2D eigenvalue weighted by Crippen LogP contribution is 2.22. The van der Waals surface area contributed by atoms with Crippen LogP contribution in [0, 0.1) is 23.7 Å². The number of benzene rings is 4. The van der Waals surface area contributed by atoms with Crippen molar-refractivity contribution in [2.24, 2.45) is 0 Å². The molecule has 0 aliphatic rings. The Morgan fingerprint density at radius 2 is 0.757 bits per heavy atom. The van der Waals surface area contributed by atoms with Crippen LogP contribution < -0.4 is 0 Å². The van der Waals surface area contributed by atoms with Crippen molar-refractivity contribution >= 4 is 0 Å². The van der Waals surface area contributed by atoms with E-state index in [1.807, 2.05) is 36.4 Å². The predicted molar refractivity (Wildman–Crippen MR) is 156 cm³/mol. The molecule has 0 amide bonds. The van der Waals surface area contributed by atoms with Crippen molar-refractivity contribution in [1.29, 1.82) is 5.26 Å². The number of unbranched alkanes of at least 4 members (excludes halogenated alkanes) is 6. The van der Waals surface area contributed by atoms with Crippen molar-refractivity contribution in [2.75, 3.05) is 0 Å². The maximum atomic E-state index is 8.95. The lowest BCUT2D eigenvalue weighted by Crippen LogP contribution is -1.89. The molecule has 4 aromatic rings.